The molecule has 1 aliphatic heterocycles. The summed E-state index contributed by atoms with van der Waals surface area (Å²) in [5.74, 6) is -0.409. The third-order valence-electron chi connectivity index (χ3n) is 5.43. The quantitative estimate of drug-likeness (QED) is 0.799. The van der Waals surface area contributed by atoms with Crippen LogP contribution in [0.4, 0.5) is 5.69 Å². The number of aryl methyl sites for hydroxylation is 1. The Bertz CT molecular complexity index is 1030. The number of nitrogens with one attached hydrogen (secondary N) is 1. The highest BCUT2D eigenvalue weighted by Gasteiger charge is 2.28. The second-order valence-electron chi connectivity index (χ2n) is 7.26. The number of carbonyl (C=O) groups is 1. The Morgan fingerprint density at radius 1 is 1.07 bits per heavy atom. The summed E-state index contributed by atoms with van der Waals surface area (Å²) < 4.78 is 32.4. The summed E-state index contributed by atoms with van der Waals surface area (Å²) in [7, 11) is -3.71. The van der Waals surface area contributed by atoms with E-state index in [0.29, 0.717) is 26.3 Å². The topological polar surface area (TPSA) is 75.7 Å². The van der Waals surface area contributed by atoms with Crippen LogP contribution >= 0.6 is 11.6 Å². The number of carbonyl (C=O) groups excluding carboxylic acids is 1. The molecule has 6 nitrogen and oxygen atoms in total. The van der Waals surface area contributed by atoms with E-state index < -0.39 is 15.9 Å². The summed E-state index contributed by atoms with van der Waals surface area (Å²) in [6.07, 6.45) is 4.17. The Morgan fingerprint density at radius 2 is 1.83 bits per heavy atom. The van der Waals surface area contributed by atoms with Gasteiger partial charge in [0.2, 0.25) is 10.0 Å². The number of halogens is 1. The van der Waals surface area contributed by atoms with Crippen molar-refractivity contribution >= 4 is 33.2 Å². The summed E-state index contributed by atoms with van der Waals surface area (Å²) >= 11 is 6.25. The maximum Gasteiger partial charge on any atom is 0.257 e. The molecular formula is C21H23ClN2O4S. The fraction of sp³-hybridized carbons (Fsp3) is 0.381. The number of hydrogen-bond acceptors (Lipinski definition) is 4. The van der Waals surface area contributed by atoms with Crippen LogP contribution in [-0.4, -0.2) is 44.9 Å². The number of nitrogens with zero attached hydrogens (tertiary/aromatic N) is 1. The van der Waals surface area contributed by atoms with Gasteiger partial charge < -0.3 is 10.1 Å². The van der Waals surface area contributed by atoms with Gasteiger partial charge in [0.15, 0.2) is 0 Å². The van der Waals surface area contributed by atoms with Crippen molar-refractivity contribution in [3.05, 3.63) is 58.1 Å². The average molecular weight is 435 g/mol. The first-order valence-corrected chi connectivity index (χ1v) is 11.6. The molecule has 8 heteroatoms. The van der Waals surface area contributed by atoms with E-state index in [1.807, 2.05) is 12.1 Å². The van der Waals surface area contributed by atoms with Gasteiger partial charge in [0.1, 0.15) is 0 Å². The summed E-state index contributed by atoms with van der Waals surface area (Å²) in [6, 6.07) is 10.2. The van der Waals surface area contributed by atoms with E-state index >= 15 is 0 Å². The Kier molecular flexibility index (Phi) is 5.92. The number of amides is 1. The number of hydrogen-bond donors (Lipinski definition) is 1. The van der Waals surface area contributed by atoms with Crippen molar-refractivity contribution in [2.75, 3.05) is 31.6 Å². The van der Waals surface area contributed by atoms with Crippen LogP contribution in [0.15, 0.2) is 41.3 Å². The number of benzene rings is 2. The van der Waals surface area contributed by atoms with Crippen molar-refractivity contribution in [2.24, 2.45) is 0 Å². The lowest BCUT2D eigenvalue weighted by Crippen LogP contribution is -2.40. The minimum Gasteiger partial charge on any atom is -0.379 e. The van der Waals surface area contributed by atoms with E-state index in [2.05, 4.69) is 11.4 Å². The Balaban J connectivity index is 1.62. The lowest BCUT2D eigenvalue weighted by molar-refractivity contribution is 0.0730. The van der Waals surface area contributed by atoms with E-state index in [4.69, 9.17) is 16.3 Å². The number of sulfonamides is 1. The van der Waals surface area contributed by atoms with Crippen LogP contribution in [0, 0.1) is 0 Å². The van der Waals surface area contributed by atoms with Crippen LogP contribution < -0.4 is 5.32 Å². The third kappa shape index (κ3) is 4.19. The zero-order valence-electron chi connectivity index (χ0n) is 16.0. The van der Waals surface area contributed by atoms with Crippen LogP contribution in [0.3, 0.4) is 0 Å². The molecule has 4 rings (SSSR count). The van der Waals surface area contributed by atoms with Crippen LogP contribution in [0.2, 0.25) is 5.02 Å². The SMILES string of the molecule is O=C(Nc1cccc2c1CCCC2)c1cc(S(=O)(=O)N2CCOCC2)ccc1Cl. The average Bonchev–Trinajstić information content (AvgIpc) is 2.75. The first-order valence-electron chi connectivity index (χ1n) is 9.76. The van der Waals surface area contributed by atoms with Gasteiger partial charge in [-0.15, -0.1) is 0 Å². The van der Waals surface area contributed by atoms with E-state index in [1.54, 1.807) is 0 Å². The molecule has 0 unspecified atom stereocenters. The largest absolute Gasteiger partial charge is 0.379 e. The van der Waals surface area contributed by atoms with Gasteiger partial charge in [-0.25, -0.2) is 8.42 Å². The third-order valence-corrected chi connectivity index (χ3v) is 7.66. The Morgan fingerprint density at radius 3 is 2.62 bits per heavy atom. The molecule has 1 N–H and O–H groups in total. The van der Waals surface area contributed by atoms with E-state index in [-0.39, 0.29) is 15.5 Å². The second kappa shape index (κ2) is 8.44. The van der Waals surface area contributed by atoms with Crippen LogP contribution in [-0.2, 0) is 27.6 Å². The Labute approximate surface area is 175 Å². The van der Waals surface area contributed by atoms with Crippen molar-refractivity contribution in [3.8, 4) is 0 Å². The molecule has 2 aromatic rings. The zero-order chi connectivity index (χ0) is 20.4. The summed E-state index contributed by atoms with van der Waals surface area (Å²) in [4.78, 5) is 13.0. The van der Waals surface area contributed by atoms with Gasteiger partial charge >= 0.3 is 0 Å². The van der Waals surface area contributed by atoms with Crippen LogP contribution in [0.1, 0.15) is 34.3 Å². The van der Waals surface area contributed by atoms with Crippen molar-refractivity contribution in [2.45, 2.75) is 30.6 Å². The van der Waals surface area contributed by atoms with Gasteiger partial charge in [-0.1, -0.05) is 23.7 Å². The second-order valence-corrected chi connectivity index (χ2v) is 9.61. The van der Waals surface area contributed by atoms with Gasteiger partial charge in [0.05, 0.1) is 28.7 Å². The highest BCUT2D eigenvalue weighted by Crippen LogP contribution is 2.29. The molecule has 0 atom stereocenters. The highest BCUT2D eigenvalue weighted by atomic mass is 35.5. The molecule has 1 heterocycles. The minimum atomic E-state index is -3.71. The maximum atomic E-state index is 13.0. The number of anilines is 1. The van der Waals surface area contributed by atoms with Gasteiger partial charge in [-0.3, -0.25) is 4.79 Å². The first kappa shape index (κ1) is 20.3. The van der Waals surface area contributed by atoms with Gasteiger partial charge in [0, 0.05) is 18.8 Å². The van der Waals surface area contributed by atoms with Crippen molar-refractivity contribution < 1.29 is 17.9 Å². The van der Waals surface area contributed by atoms with E-state index in [1.165, 1.54) is 28.1 Å². The molecule has 0 bridgehead atoms. The molecule has 0 aromatic heterocycles. The predicted molar refractivity (Wildman–Crippen MR) is 112 cm³/mol. The number of rotatable bonds is 4. The van der Waals surface area contributed by atoms with Gasteiger partial charge in [-0.05, 0) is 61.1 Å². The van der Waals surface area contributed by atoms with Crippen molar-refractivity contribution in [1.82, 2.24) is 4.31 Å². The molecule has 1 amide bonds. The standard InChI is InChI=1S/C21H23ClN2O4S/c22-19-9-8-16(29(26,27)24-10-12-28-13-11-24)14-18(19)21(25)23-20-7-3-5-15-4-1-2-6-17(15)20/h3,5,7-9,14H,1-2,4,6,10-13H2,(H,23,25). The smallest absolute Gasteiger partial charge is 0.257 e. The Hall–Kier alpha value is -1.93. The summed E-state index contributed by atoms with van der Waals surface area (Å²) in [6.45, 7) is 1.31. The summed E-state index contributed by atoms with van der Waals surface area (Å²) in [5, 5.41) is 3.15. The fourth-order valence-electron chi connectivity index (χ4n) is 3.86. The number of ether oxygens (including phenoxy) is 1. The molecule has 1 saturated heterocycles. The highest BCUT2D eigenvalue weighted by molar-refractivity contribution is 7.89. The zero-order valence-corrected chi connectivity index (χ0v) is 17.6. The maximum absolute atomic E-state index is 13.0. The minimum absolute atomic E-state index is 0.0593. The van der Waals surface area contributed by atoms with E-state index in [9.17, 15) is 13.2 Å². The molecule has 0 radical (unpaired) electrons. The molecule has 2 aliphatic rings. The molecule has 1 fully saturated rings. The predicted octanol–water partition coefficient (Wildman–Crippen LogP) is 3.49. The molecule has 1 aliphatic carbocycles. The van der Waals surface area contributed by atoms with E-state index in [0.717, 1.165) is 36.9 Å². The monoisotopic (exact) mass is 434 g/mol. The number of fused-ring (bicyclic) bond motifs is 1. The molecule has 154 valence electrons. The normalized spacial score (nSPS) is 17.6. The van der Waals surface area contributed by atoms with Gasteiger partial charge in [-0.2, -0.15) is 4.31 Å². The molecule has 2 aromatic carbocycles. The molecular weight excluding hydrogens is 412 g/mol. The van der Waals surface area contributed by atoms with Gasteiger partial charge in [0.25, 0.3) is 5.91 Å². The lowest BCUT2D eigenvalue weighted by atomic mass is 9.90. The number of morpholine rings is 1. The van der Waals surface area contributed by atoms with Crippen molar-refractivity contribution in [1.29, 1.82) is 0 Å². The lowest BCUT2D eigenvalue weighted by Gasteiger charge is -2.26. The molecule has 0 spiro atoms. The molecule has 0 saturated carbocycles. The van der Waals surface area contributed by atoms with Crippen LogP contribution in [0.25, 0.3) is 0 Å². The fourth-order valence-corrected chi connectivity index (χ4v) is 5.50. The summed E-state index contributed by atoms with van der Waals surface area (Å²) in [5.41, 5.74) is 3.32. The molecule has 29 heavy (non-hydrogen) atoms. The first-order chi connectivity index (χ1) is 14.0. The van der Waals surface area contributed by atoms with Crippen molar-refractivity contribution in [3.63, 3.8) is 0 Å². The van der Waals surface area contributed by atoms with Crippen LogP contribution in [0.5, 0.6) is 0 Å².